The number of ether oxygens (including phenoxy) is 2. The van der Waals surface area contributed by atoms with E-state index in [0.717, 1.165) is 17.7 Å². The van der Waals surface area contributed by atoms with Gasteiger partial charge in [-0.3, -0.25) is 15.3 Å². The Morgan fingerprint density at radius 2 is 1.77 bits per heavy atom. The highest BCUT2D eigenvalue weighted by Gasteiger charge is 2.26. The summed E-state index contributed by atoms with van der Waals surface area (Å²) in [5, 5.41) is 19.9. The van der Waals surface area contributed by atoms with Gasteiger partial charge in [0.05, 0.1) is 12.3 Å². The minimum absolute atomic E-state index is 0.121. The van der Waals surface area contributed by atoms with Crippen LogP contribution in [0.3, 0.4) is 0 Å². The molecule has 0 spiro atoms. The number of anilines is 1. The molecule has 2 amide bonds. The third-order valence-electron chi connectivity index (χ3n) is 5.07. The fraction of sp³-hybridized carbons (Fsp3) is 0.280. The summed E-state index contributed by atoms with van der Waals surface area (Å²) >= 11 is 0. The molecule has 0 bridgehead atoms. The van der Waals surface area contributed by atoms with Gasteiger partial charge in [-0.1, -0.05) is 30.7 Å². The van der Waals surface area contributed by atoms with E-state index in [0.29, 0.717) is 23.0 Å². The van der Waals surface area contributed by atoms with Gasteiger partial charge in [0.1, 0.15) is 30.1 Å². The number of aliphatic hydroxyl groups is 1. The van der Waals surface area contributed by atoms with Gasteiger partial charge in [0.2, 0.25) is 0 Å². The summed E-state index contributed by atoms with van der Waals surface area (Å²) in [6, 6.07) is 9.43. The van der Waals surface area contributed by atoms with E-state index in [9.17, 15) is 18.4 Å². The van der Waals surface area contributed by atoms with Crippen molar-refractivity contribution in [1.29, 1.82) is 0 Å². The van der Waals surface area contributed by atoms with Crippen LogP contribution in [0, 0.1) is 17.6 Å². The van der Waals surface area contributed by atoms with Crippen LogP contribution in [0.4, 0.5) is 19.3 Å². The highest BCUT2D eigenvalue weighted by molar-refractivity contribution is 5.87. The zero-order chi connectivity index (χ0) is 26.0. The third-order valence-corrected chi connectivity index (χ3v) is 5.07. The predicted molar refractivity (Wildman–Crippen MR) is 125 cm³/mol. The van der Waals surface area contributed by atoms with Gasteiger partial charge in [-0.25, -0.2) is 19.1 Å². The quantitative estimate of drug-likeness (QED) is 0.167. The lowest BCUT2D eigenvalue weighted by Crippen LogP contribution is -2.23. The number of allylic oxidation sites excluding steroid dienone is 2. The van der Waals surface area contributed by atoms with Gasteiger partial charge in [0, 0.05) is 18.1 Å². The number of amides is 2. The van der Waals surface area contributed by atoms with Crippen molar-refractivity contribution in [2.45, 2.75) is 26.9 Å². The molecule has 0 aliphatic carbocycles. The molecular weight excluding hydrogens is 462 g/mol. The van der Waals surface area contributed by atoms with Gasteiger partial charge in [-0.2, -0.15) is 0 Å². The summed E-state index contributed by atoms with van der Waals surface area (Å²) in [6.07, 6.45) is 1.12. The Morgan fingerprint density at radius 3 is 2.37 bits per heavy atom. The molecule has 0 radical (unpaired) electrons. The second kappa shape index (κ2) is 13.2. The minimum atomic E-state index is -0.951. The molecule has 188 valence electrons. The maximum absolute atomic E-state index is 14.0. The molecule has 10 heteroatoms. The normalized spacial score (nSPS) is 13.6. The number of rotatable bonds is 10. The van der Waals surface area contributed by atoms with E-state index in [2.05, 4.69) is 5.32 Å². The number of carbonyl (C=O) groups excluding carboxylic acids is 2. The SMILES string of the molecule is CC(=C\C(=O)NO)/C=C(\C)[C@@H](C)[C@@H](OC(=O)Nc1ccc(F)cc1F)c1ccc(OCCO)cc1. The molecule has 2 aromatic carbocycles. The van der Waals surface area contributed by atoms with E-state index < -0.39 is 35.7 Å². The molecule has 35 heavy (non-hydrogen) atoms. The van der Waals surface area contributed by atoms with Gasteiger partial charge < -0.3 is 14.6 Å². The number of hydrogen-bond acceptors (Lipinski definition) is 6. The van der Waals surface area contributed by atoms with Crippen LogP contribution < -0.4 is 15.5 Å². The van der Waals surface area contributed by atoms with Crippen LogP contribution in [-0.4, -0.2) is 35.5 Å². The van der Waals surface area contributed by atoms with E-state index >= 15 is 0 Å². The van der Waals surface area contributed by atoms with Crippen molar-refractivity contribution in [2.24, 2.45) is 5.92 Å². The van der Waals surface area contributed by atoms with E-state index in [1.807, 2.05) is 0 Å². The van der Waals surface area contributed by atoms with E-state index in [4.69, 9.17) is 19.8 Å². The molecule has 4 N–H and O–H groups in total. The zero-order valence-electron chi connectivity index (χ0n) is 19.5. The average molecular weight is 491 g/mol. The van der Waals surface area contributed by atoms with E-state index in [-0.39, 0.29) is 18.9 Å². The first-order chi connectivity index (χ1) is 16.6. The van der Waals surface area contributed by atoms with Crippen molar-refractivity contribution >= 4 is 17.7 Å². The summed E-state index contributed by atoms with van der Waals surface area (Å²) in [5.74, 6) is -2.31. The monoisotopic (exact) mass is 490 g/mol. The Morgan fingerprint density at radius 1 is 1.09 bits per heavy atom. The molecule has 8 nitrogen and oxygen atoms in total. The predicted octanol–water partition coefficient (Wildman–Crippen LogP) is 4.66. The number of halogens is 2. The van der Waals surface area contributed by atoms with Crippen LogP contribution in [-0.2, 0) is 9.53 Å². The van der Waals surface area contributed by atoms with Gasteiger partial charge in [0.15, 0.2) is 0 Å². The fourth-order valence-corrected chi connectivity index (χ4v) is 3.23. The third kappa shape index (κ3) is 8.51. The molecule has 0 aromatic heterocycles. The van der Waals surface area contributed by atoms with Gasteiger partial charge in [0.25, 0.3) is 5.91 Å². The second-order valence-electron chi connectivity index (χ2n) is 7.76. The molecule has 0 saturated heterocycles. The molecule has 2 rings (SSSR count). The molecule has 0 aliphatic rings. The highest BCUT2D eigenvalue weighted by Crippen LogP contribution is 2.33. The van der Waals surface area contributed by atoms with Crippen molar-refractivity contribution in [2.75, 3.05) is 18.5 Å². The Kier molecular flexibility index (Phi) is 10.4. The Labute approximate surface area is 201 Å². The molecular formula is C25H28F2N2O6. The number of hydrogen-bond donors (Lipinski definition) is 4. The summed E-state index contributed by atoms with van der Waals surface area (Å²) < 4.78 is 38.1. The van der Waals surface area contributed by atoms with Crippen LogP contribution in [0.1, 0.15) is 32.4 Å². The molecule has 2 atom stereocenters. The number of benzene rings is 2. The van der Waals surface area contributed by atoms with Crippen molar-refractivity contribution in [1.82, 2.24) is 5.48 Å². The number of aliphatic hydroxyl groups excluding tert-OH is 1. The fourth-order valence-electron chi connectivity index (χ4n) is 3.23. The van der Waals surface area contributed by atoms with Crippen molar-refractivity contribution in [3.05, 3.63) is 83.0 Å². The lowest BCUT2D eigenvalue weighted by atomic mass is 9.90. The van der Waals surface area contributed by atoms with Crippen LogP contribution in [0.25, 0.3) is 0 Å². The highest BCUT2D eigenvalue weighted by atomic mass is 19.1. The summed E-state index contributed by atoms with van der Waals surface area (Å²) in [7, 11) is 0. The first-order valence-electron chi connectivity index (χ1n) is 10.7. The van der Waals surface area contributed by atoms with Gasteiger partial charge in [-0.15, -0.1) is 0 Å². The summed E-state index contributed by atoms with van der Waals surface area (Å²) in [6.45, 7) is 5.23. The molecule has 2 aromatic rings. The maximum atomic E-state index is 14.0. The molecule has 0 unspecified atom stereocenters. The Bertz CT molecular complexity index is 1090. The first kappa shape index (κ1) is 27.5. The number of carbonyl (C=O) groups is 2. The summed E-state index contributed by atoms with van der Waals surface area (Å²) in [4.78, 5) is 24.0. The summed E-state index contributed by atoms with van der Waals surface area (Å²) in [5.41, 5.74) is 3.18. The van der Waals surface area contributed by atoms with Crippen LogP contribution in [0.5, 0.6) is 5.75 Å². The molecule has 0 heterocycles. The maximum Gasteiger partial charge on any atom is 0.412 e. The van der Waals surface area contributed by atoms with Crippen LogP contribution in [0.15, 0.2) is 65.8 Å². The van der Waals surface area contributed by atoms with E-state index in [1.165, 1.54) is 11.6 Å². The second-order valence-corrected chi connectivity index (χ2v) is 7.76. The van der Waals surface area contributed by atoms with Gasteiger partial charge in [-0.05, 0) is 49.2 Å². The van der Waals surface area contributed by atoms with E-state index in [1.54, 1.807) is 51.1 Å². The van der Waals surface area contributed by atoms with Crippen LogP contribution >= 0.6 is 0 Å². The van der Waals surface area contributed by atoms with Crippen molar-refractivity contribution in [3.8, 4) is 5.75 Å². The molecule has 0 fully saturated rings. The van der Waals surface area contributed by atoms with Crippen molar-refractivity contribution in [3.63, 3.8) is 0 Å². The number of nitrogens with one attached hydrogen (secondary N) is 2. The number of hydroxylamine groups is 1. The Hall–Kier alpha value is -3.76. The topological polar surface area (TPSA) is 117 Å². The van der Waals surface area contributed by atoms with Crippen LogP contribution in [0.2, 0.25) is 0 Å². The van der Waals surface area contributed by atoms with Crippen molar-refractivity contribution < 1.29 is 38.2 Å². The standard InChI is InChI=1S/C25H28F2N2O6/c1-15(13-23(31)29-33)12-16(2)17(3)24(18-4-7-20(8-5-18)34-11-10-30)35-25(32)28-22-9-6-19(26)14-21(22)27/h4-9,12-14,17,24,30,33H,10-11H2,1-3H3,(H,28,32)(H,29,31)/b15-13+,16-12+/t17-,24-/m1/s1. The molecule has 0 aliphatic heterocycles. The lowest BCUT2D eigenvalue weighted by molar-refractivity contribution is -0.124. The first-order valence-corrected chi connectivity index (χ1v) is 10.7. The zero-order valence-corrected chi connectivity index (χ0v) is 19.5. The minimum Gasteiger partial charge on any atom is -0.491 e. The molecule has 0 saturated carbocycles. The Balaban J connectivity index is 2.31. The lowest BCUT2D eigenvalue weighted by Gasteiger charge is -2.26. The van der Waals surface area contributed by atoms with Gasteiger partial charge >= 0.3 is 6.09 Å². The largest absolute Gasteiger partial charge is 0.491 e. The smallest absolute Gasteiger partial charge is 0.412 e. The average Bonchev–Trinajstić information content (AvgIpc) is 2.82.